The molecule has 7 nitrogen and oxygen atoms in total. The number of nitro benzene ring substituents is 1. The molecule has 3 aromatic carbocycles. The first-order valence-corrected chi connectivity index (χ1v) is 9.24. The van der Waals surface area contributed by atoms with Gasteiger partial charge in [0.1, 0.15) is 0 Å². The Labute approximate surface area is 173 Å². The molecule has 0 unspecified atom stereocenters. The smallest absolute Gasteiger partial charge is 0.339 e. The molecule has 0 saturated carbocycles. The Morgan fingerprint density at radius 2 is 1.60 bits per heavy atom. The second kappa shape index (κ2) is 9.00. The average Bonchev–Trinajstić information content (AvgIpc) is 2.74. The molecule has 1 atom stereocenters. The summed E-state index contributed by atoms with van der Waals surface area (Å²) in [6.45, 7) is 3.40. The fourth-order valence-electron chi connectivity index (χ4n) is 2.96. The Morgan fingerprint density at radius 1 is 0.933 bits per heavy atom. The van der Waals surface area contributed by atoms with Crippen LogP contribution in [0.2, 0.25) is 0 Å². The van der Waals surface area contributed by atoms with E-state index in [-0.39, 0.29) is 16.8 Å². The van der Waals surface area contributed by atoms with Gasteiger partial charge >= 0.3 is 5.97 Å². The molecule has 7 heteroatoms. The van der Waals surface area contributed by atoms with E-state index in [1.165, 1.54) is 25.1 Å². The van der Waals surface area contributed by atoms with Crippen molar-refractivity contribution in [1.82, 2.24) is 0 Å². The van der Waals surface area contributed by atoms with E-state index < -0.39 is 22.9 Å². The number of esters is 1. The first-order valence-electron chi connectivity index (χ1n) is 9.24. The lowest BCUT2D eigenvalue weighted by Gasteiger charge is -2.19. The van der Waals surface area contributed by atoms with E-state index in [9.17, 15) is 19.7 Å². The number of aryl methyl sites for hydroxylation is 1. The van der Waals surface area contributed by atoms with Crippen LogP contribution in [0.4, 0.5) is 11.4 Å². The maximum absolute atomic E-state index is 12.9. The fourth-order valence-corrected chi connectivity index (χ4v) is 2.96. The maximum atomic E-state index is 12.9. The average molecular weight is 404 g/mol. The number of benzene rings is 3. The van der Waals surface area contributed by atoms with Gasteiger partial charge in [-0.1, -0.05) is 54.1 Å². The van der Waals surface area contributed by atoms with Gasteiger partial charge in [-0.05, 0) is 32.0 Å². The van der Waals surface area contributed by atoms with E-state index in [1.807, 2.05) is 19.1 Å². The minimum atomic E-state index is -1.22. The standard InChI is InChI=1S/C23H20N2O5/c1-15-11-13-18(14-12-15)24-22(26)21(17-7-4-3-5-8-17)30-23(27)19-9-6-10-20(16(19)2)25(28)29/h3-14,21H,1-2H3,(H,24,26)/t21-/m0/s1. The van der Waals surface area contributed by atoms with Crippen molar-refractivity contribution in [1.29, 1.82) is 0 Å². The molecule has 0 aliphatic rings. The first-order chi connectivity index (χ1) is 14.4. The molecule has 0 fully saturated rings. The molecule has 1 amide bonds. The minimum Gasteiger partial charge on any atom is -0.444 e. The molecule has 0 bridgehead atoms. The van der Waals surface area contributed by atoms with Crippen molar-refractivity contribution in [3.8, 4) is 0 Å². The van der Waals surface area contributed by atoms with E-state index in [2.05, 4.69) is 5.32 Å². The van der Waals surface area contributed by atoms with Crippen molar-refractivity contribution in [3.05, 3.63) is 105 Å². The SMILES string of the molecule is Cc1ccc(NC(=O)[C@@H](OC(=O)c2cccc([N+](=O)[O-])c2C)c2ccccc2)cc1. The number of nitro groups is 1. The monoisotopic (exact) mass is 404 g/mol. The van der Waals surface area contributed by atoms with Crippen LogP contribution in [0.1, 0.15) is 33.2 Å². The van der Waals surface area contributed by atoms with Crippen LogP contribution in [-0.2, 0) is 9.53 Å². The second-order valence-corrected chi connectivity index (χ2v) is 6.76. The van der Waals surface area contributed by atoms with E-state index >= 15 is 0 Å². The van der Waals surface area contributed by atoms with Gasteiger partial charge in [0.2, 0.25) is 6.10 Å². The van der Waals surface area contributed by atoms with E-state index in [4.69, 9.17) is 4.74 Å². The maximum Gasteiger partial charge on any atom is 0.339 e. The molecule has 152 valence electrons. The Morgan fingerprint density at radius 3 is 2.23 bits per heavy atom. The van der Waals surface area contributed by atoms with Crippen molar-refractivity contribution < 1.29 is 19.2 Å². The van der Waals surface area contributed by atoms with Gasteiger partial charge in [0.15, 0.2) is 0 Å². The largest absolute Gasteiger partial charge is 0.444 e. The van der Waals surface area contributed by atoms with Crippen molar-refractivity contribution in [2.24, 2.45) is 0 Å². The predicted molar refractivity (Wildman–Crippen MR) is 112 cm³/mol. The molecule has 0 aliphatic carbocycles. The molecule has 3 aromatic rings. The summed E-state index contributed by atoms with van der Waals surface area (Å²) in [7, 11) is 0. The number of carbonyl (C=O) groups excluding carboxylic acids is 2. The number of ether oxygens (including phenoxy) is 1. The molecular formula is C23H20N2O5. The van der Waals surface area contributed by atoms with E-state index in [0.717, 1.165) is 5.56 Å². The highest BCUT2D eigenvalue weighted by atomic mass is 16.6. The van der Waals surface area contributed by atoms with Gasteiger partial charge in [-0.15, -0.1) is 0 Å². The van der Waals surface area contributed by atoms with Gasteiger partial charge < -0.3 is 10.1 Å². The summed E-state index contributed by atoms with van der Waals surface area (Å²) in [5.41, 5.74) is 2.11. The fraction of sp³-hybridized carbons (Fsp3) is 0.130. The minimum absolute atomic E-state index is 0.0354. The summed E-state index contributed by atoms with van der Waals surface area (Å²) in [6.07, 6.45) is -1.22. The first kappa shape index (κ1) is 20.7. The molecule has 0 aliphatic heterocycles. The number of carbonyl (C=O) groups is 2. The van der Waals surface area contributed by atoms with Crippen LogP contribution in [-0.4, -0.2) is 16.8 Å². The second-order valence-electron chi connectivity index (χ2n) is 6.76. The van der Waals surface area contributed by atoms with Crippen LogP contribution >= 0.6 is 0 Å². The lowest BCUT2D eigenvalue weighted by Crippen LogP contribution is -2.26. The summed E-state index contributed by atoms with van der Waals surface area (Å²) < 4.78 is 5.52. The zero-order chi connectivity index (χ0) is 21.7. The van der Waals surface area contributed by atoms with Crippen LogP contribution < -0.4 is 5.32 Å². The molecule has 0 spiro atoms. The van der Waals surface area contributed by atoms with Crippen molar-refractivity contribution in [3.63, 3.8) is 0 Å². The van der Waals surface area contributed by atoms with Gasteiger partial charge in [-0.2, -0.15) is 0 Å². The summed E-state index contributed by atoms with van der Waals surface area (Å²) in [4.78, 5) is 36.3. The molecule has 3 rings (SSSR count). The third-order valence-electron chi connectivity index (χ3n) is 4.61. The number of hydrogen-bond acceptors (Lipinski definition) is 5. The molecule has 0 aromatic heterocycles. The molecule has 30 heavy (non-hydrogen) atoms. The van der Waals surface area contributed by atoms with Gasteiger partial charge in [-0.25, -0.2) is 4.79 Å². The van der Waals surface area contributed by atoms with Crippen molar-refractivity contribution >= 4 is 23.3 Å². The Kier molecular flexibility index (Phi) is 6.22. The highest BCUT2D eigenvalue weighted by molar-refractivity contribution is 5.99. The van der Waals surface area contributed by atoms with Crippen LogP contribution in [0.15, 0.2) is 72.8 Å². The Hall–Kier alpha value is -4.00. The lowest BCUT2D eigenvalue weighted by atomic mass is 10.1. The van der Waals surface area contributed by atoms with Crippen molar-refractivity contribution in [2.75, 3.05) is 5.32 Å². The van der Waals surface area contributed by atoms with Gasteiger partial charge in [0.05, 0.1) is 10.5 Å². The number of rotatable bonds is 6. The number of amides is 1. The number of nitrogens with one attached hydrogen (secondary N) is 1. The van der Waals surface area contributed by atoms with Gasteiger partial charge in [-0.3, -0.25) is 14.9 Å². The molecular weight excluding hydrogens is 384 g/mol. The molecule has 1 N–H and O–H groups in total. The summed E-state index contributed by atoms with van der Waals surface area (Å²) >= 11 is 0. The quantitative estimate of drug-likeness (QED) is 0.363. The third-order valence-corrected chi connectivity index (χ3v) is 4.61. The highest BCUT2D eigenvalue weighted by Gasteiger charge is 2.28. The topological polar surface area (TPSA) is 98.5 Å². The summed E-state index contributed by atoms with van der Waals surface area (Å²) in [6, 6.07) is 20.0. The number of nitrogens with zero attached hydrogens (tertiary/aromatic N) is 1. The zero-order valence-electron chi connectivity index (χ0n) is 16.5. The van der Waals surface area contributed by atoms with Crippen LogP contribution in [0.3, 0.4) is 0 Å². The van der Waals surface area contributed by atoms with Crippen LogP contribution in [0.5, 0.6) is 0 Å². The summed E-state index contributed by atoms with van der Waals surface area (Å²) in [5, 5.41) is 13.9. The number of anilines is 1. The van der Waals surface area contributed by atoms with Crippen molar-refractivity contribution in [2.45, 2.75) is 20.0 Å². The number of hydrogen-bond donors (Lipinski definition) is 1. The van der Waals surface area contributed by atoms with E-state index in [1.54, 1.807) is 42.5 Å². The van der Waals surface area contributed by atoms with Gasteiger partial charge in [0.25, 0.3) is 11.6 Å². The summed E-state index contributed by atoms with van der Waals surface area (Å²) in [5.74, 6) is -1.34. The predicted octanol–water partition coefficient (Wildman–Crippen LogP) is 4.75. The molecule has 0 heterocycles. The normalized spacial score (nSPS) is 11.4. The van der Waals surface area contributed by atoms with Crippen LogP contribution in [0.25, 0.3) is 0 Å². The highest BCUT2D eigenvalue weighted by Crippen LogP contribution is 2.26. The molecule has 0 radical (unpaired) electrons. The van der Waals surface area contributed by atoms with Crippen LogP contribution in [0, 0.1) is 24.0 Å². The molecule has 0 saturated heterocycles. The lowest BCUT2D eigenvalue weighted by molar-refractivity contribution is -0.385. The third kappa shape index (κ3) is 4.70. The Bertz CT molecular complexity index is 1080. The van der Waals surface area contributed by atoms with E-state index in [0.29, 0.717) is 11.3 Å². The Balaban J connectivity index is 1.89. The van der Waals surface area contributed by atoms with Gasteiger partial charge in [0, 0.05) is 22.9 Å². The zero-order valence-corrected chi connectivity index (χ0v) is 16.5.